The lowest BCUT2D eigenvalue weighted by Gasteiger charge is -2.05. The van der Waals surface area contributed by atoms with Crippen molar-refractivity contribution in [1.82, 2.24) is 14.8 Å². The van der Waals surface area contributed by atoms with Gasteiger partial charge in [-0.2, -0.15) is 0 Å². The molecule has 0 saturated carbocycles. The minimum atomic E-state index is 0.620. The second-order valence-electron chi connectivity index (χ2n) is 1.72. The molecule has 0 atom stereocenters. The van der Waals surface area contributed by atoms with E-state index in [1.807, 2.05) is 4.57 Å². The number of aliphatic imine (C=N–C) groups is 1. The number of fused-ring (bicyclic) bond motifs is 1. The summed E-state index contributed by atoms with van der Waals surface area (Å²) in [6, 6.07) is 0. The van der Waals surface area contributed by atoms with Crippen LogP contribution in [0.2, 0.25) is 0 Å². The van der Waals surface area contributed by atoms with Crippen LogP contribution in [0.4, 0.5) is 5.95 Å². The van der Waals surface area contributed by atoms with Crippen molar-refractivity contribution < 1.29 is 0 Å². The SMILES string of the molecule is C1=NCn2cnnc2N1. The molecule has 1 N–H and O–H groups in total. The lowest BCUT2D eigenvalue weighted by atomic mass is 10.8. The molecule has 2 rings (SSSR count). The third-order valence-electron chi connectivity index (χ3n) is 1.13. The second-order valence-corrected chi connectivity index (χ2v) is 1.72. The highest BCUT2D eigenvalue weighted by Crippen LogP contribution is 2.02. The van der Waals surface area contributed by atoms with Crippen LogP contribution >= 0.6 is 0 Å². The lowest BCUT2D eigenvalue weighted by Crippen LogP contribution is -2.10. The zero-order valence-corrected chi connectivity index (χ0v) is 4.65. The molecule has 5 nitrogen and oxygen atoms in total. The largest absolute Gasteiger partial charge is 0.315 e. The van der Waals surface area contributed by atoms with Crippen LogP contribution in [0.5, 0.6) is 0 Å². The maximum absolute atomic E-state index is 3.94. The summed E-state index contributed by atoms with van der Waals surface area (Å²) in [6.45, 7) is 0.620. The van der Waals surface area contributed by atoms with Gasteiger partial charge in [-0.3, -0.25) is 9.56 Å². The molecule has 5 heteroatoms. The minimum Gasteiger partial charge on any atom is -0.315 e. The van der Waals surface area contributed by atoms with Gasteiger partial charge in [0, 0.05) is 0 Å². The van der Waals surface area contributed by atoms with Crippen LogP contribution in [0.15, 0.2) is 11.3 Å². The number of aromatic nitrogens is 3. The summed E-state index contributed by atoms with van der Waals surface area (Å²) in [5.41, 5.74) is 0. The fourth-order valence-corrected chi connectivity index (χ4v) is 0.702. The van der Waals surface area contributed by atoms with Crippen LogP contribution in [-0.4, -0.2) is 21.1 Å². The molecule has 1 aliphatic rings. The molecule has 0 spiro atoms. The van der Waals surface area contributed by atoms with E-state index in [9.17, 15) is 0 Å². The minimum absolute atomic E-state index is 0.620. The van der Waals surface area contributed by atoms with E-state index < -0.39 is 0 Å². The predicted octanol–water partition coefficient (Wildman–Crippen LogP) is -0.311. The van der Waals surface area contributed by atoms with Gasteiger partial charge in [0.1, 0.15) is 13.0 Å². The summed E-state index contributed by atoms with van der Waals surface area (Å²) in [7, 11) is 0. The van der Waals surface area contributed by atoms with Gasteiger partial charge in [0.25, 0.3) is 0 Å². The number of hydrogen-bond donors (Lipinski definition) is 1. The Hall–Kier alpha value is -1.39. The molecule has 0 radical (unpaired) electrons. The fraction of sp³-hybridized carbons (Fsp3) is 0.250. The van der Waals surface area contributed by atoms with Crippen molar-refractivity contribution in [3.63, 3.8) is 0 Å². The van der Waals surface area contributed by atoms with Crippen molar-refractivity contribution in [2.75, 3.05) is 5.32 Å². The first kappa shape index (κ1) is 4.49. The first-order valence-corrected chi connectivity index (χ1v) is 2.59. The topological polar surface area (TPSA) is 55.1 Å². The van der Waals surface area contributed by atoms with Crippen LogP contribution in [0.25, 0.3) is 0 Å². The molecule has 0 amide bonds. The molecule has 1 aliphatic heterocycles. The first-order chi connectivity index (χ1) is 4.47. The smallest absolute Gasteiger partial charge is 0.231 e. The highest BCUT2D eigenvalue weighted by molar-refractivity contribution is 5.72. The van der Waals surface area contributed by atoms with Gasteiger partial charge in [-0.05, 0) is 0 Å². The van der Waals surface area contributed by atoms with Crippen LogP contribution < -0.4 is 5.32 Å². The Morgan fingerprint density at radius 1 is 1.67 bits per heavy atom. The van der Waals surface area contributed by atoms with Crippen molar-refractivity contribution in [1.29, 1.82) is 0 Å². The normalized spacial score (nSPS) is 14.7. The number of rotatable bonds is 0. The summed E-state index contributed by atoms with van der Waals surface area (Å²) in [5, 5.41) is 10.3. The third kappa shape index (κ3) is 0.576. The molecular formula is C4H5N5. The van der Waals surface area contributed by atoms with Gasteiger partial charge in [-0.15, -0.1) is 10.2 Å². The van der Waals surface area contributed by atoms with Crippen LogP contribution in [0.1, 0.15) is 0 Å². The highest BCUT2D eigenvalue weighted by atomic mass is 15.4. The average molecular weight is 123 g/mol. The Labute approximate surface area is 51.4 Å². The molecule has 46 valence electrons. The molecule has 0 fully saturated rings. The molecular weight excluding hydrogens is 118 g/mol. The maximum atomic E-state index is 3.94. The molecule has 1 aromatic heterocycles. The summed E-state index contributed by atoms with van der Waals surface area (Å²) >= 11 is 0. The second kappa shape index (κ2) is 1.54. The van der Waals surface area contributed by atoms with Crippen molar-refractivity contribution in [2.45, 2.75) is 6.67 Å². The zero-order valence-electron chi connectivity index (χ0n) is 4.65. The summed E-state index contributed by atoms with van der Waals surface area (Å²) < 4.78 is 1.82. The molecule has 0 aromatic carbocycles. The van der Waals surface area contributed by atoms with Crippen molar-refractivity contribution in [3.05, 3.63) is 6.33 Å². The zero-order chi connectivity index (χ0) is 6.10. The van der Waals surface area contributed by atoms with Crippen LogP contribution in [0, 0.1) is 0 Å². The number of nitrogens with one attached hydrogen (secondary N) is 1. The molecule has 0 unspecified atom stereocenters. The number of hydrogen-bond acceptors (Lipinski definition) is 4. The molecule has 0 aliphatic carbocycles. The monoisotopic (exact) mass is 123 g/mol. The van der Waals surface area contributed by atoms with E-state index in [4.69, 9.17) is 0 Å². The van der Waals surface area contributed by atoms with Crippen LogP contribution in [-0.2, 0) is 6.67 Å². The number of nitrogens with zero attached hydrogens (tertiary/aromatic N) is 4. The highest BCUT2D eigenvalue weighted by Gasteiger charge is 2.02. The Bertz CT molecular complexity index is 214. The van der Waals surface area contributed by atoms with E-state index in [2.05, 4.69) is 20.5 Å². The fourth-order valence-electron chi connectivity index (χ4n) is 0.702. The van der Waals surface area contributed by atoms with Gasteiger partial charge < -0.3 is 5.32 Å². The number of anilines is 1. The van der Waals surface area contributed by atoms with E-state index >= 15 is 0 Å². The van der Waals surface area contributed by atoms with Gasteiger partial charge >= 0.3 is 0 Å². The van der Waals surface area contributed by atoms with E-state index in [0.717, 1.165) is 5.95 Å². The molecule has 2 heterocycles. The lowest BCUT2D eigenvalue weighted by molar-refractivity contribution is 0.731. The Morgan fingerprint density at radius 3 is 3.56 bits per heavy atom. The van der Waals surface area contributed by atoms with E-state index in [-0.39, 0.29) is 0 Å². The van der Waals surface area contributed by atoms with E-state index in [1.54, 1.807) is 12.7 Å². The molecule has 0 bridgehead atoms. The van der Waals surface area contributed by atoms with E-state index in [0.29, 0.717) is 6.67 Å². The molecule has 9 heavy (non-hydrogen) atoms. The van der Waals surface area contributed by atoms with Crippen molar-refractivity contribution in [3.8, 4) is 0 Å². The third-order valence-corrected chi connectivity index (χ3v) is 1.13. The van der Waals surface area contributed by atoms with Crippen molar-refractivity contribution >= 4 is 12.3 Å². The van der Waals surface area contributed by atoms with Gasteiger partial charge in [-0.25, -0.2) is 0 Å². The van der Waals surface area contributed by atoms with Gasteiger partial charge in [0.2, 0.25) is 5.95 Å². The predicted molar refractivity (Wildman–Crippen MR) is 32.1 cm³/mol. The average Bonchev–Trinajstić information content (AvgIpc) is 2.33. The Balaban J connectivity index is 2.46. The van der Waals surface area contributed by atoms with E-state index in [1.165, 1.54) is 0 Å². The standard InChI is InChI=1S/C4H5N5/c1-5-2-9-3-7-8-4(9)6-1/h1,3H,2H2,(H,5,6,8). The summed E-state index contributed by atoms with van der Waals surface area (Å²) in [5.74, 6) is 0.755. The van der Waals surface area contributed by atoms with Gasteiger partial charge in [-0.1, -0.05) is 0 Å². The quantitative estimate of drug-likeness (QED) is 0.514. The van der Waals surface area contributed by atoms with Gasteiger partial charge in [0.15, 0.2) is 0 Å². The Kier molecular flexibility index (Phi) is 0.769. The summed E-state index contributed by atoms with van der Waals surface area (Å²) in [4.78, 5) is 3.94. The Morgan fingerprint density at radius 2 is 2.67 bits per heavy atom. The maximum Gasteiger partial charge on any atom is 0.231 e. The van der Waals surface area contributed by atoms with Crippen LogP contribution in [0.3, 0.4) is 0 Å². The van der Waals surface area contributed by atoms with Gasteiger partial charge in [0.05, 0.1) is 6.34 Å². The first-order valence-electron chi connectivity index (χ1n) is 2.59. The molecule has 0 saturated heterocycles. The van der Waals surface area contributed by atoms with Crippen molar-refractivity contribution in [2.24, 2.45) is 4.99 Å². The molecule has 1 aromatic rings. The summed E-state index contributed by atoms with van der Waals surface area (Å²) in [6.07, 6.45) is 3.25.